The number of carbonyl (C=O) groups is 1. The molecule has 0 saturated heterocycles. The van der Waals surface area contributed by atoms with E-state index in [-0.39, 0.29) is 30.7 Å². The van der Waals surface area contributed by atoms with E-state index in [1.54, 1.807) is 6.20 Å². The SMILES string of the molecule is Cc1cc(C)cc(C(=O)Nc2cncc(-c3cc(C)cc(C)c3)c2N(CCCN)CC(C)C)c1.Cl.Cl. The molecule has 0 radical (unpaired) electrons. The minimum absolute atomic E-state index is 0. The zero-order valence-electron chi connectivity index (χ0n) is 22.2. The van der Waals surface area contributed by atoms with Crippen LogP contribution in [0.5, 0.6) is 0 Å². The lowest BCUT2D eigenvalue weighted by Gasteiger charge is -2.31. The Labute approximate surface area is 228 Å². The van der Waals surface area contributed by atoms with Gasteiger partial charge >= 0.3 is 0 Å². The molecule has 1 amide bonds. The van der Waals surface area contributed by atoms with Crippen molar-refractivity contribution in [2.24, 2.45) is 11.7 Å². The van der Waals surface area contributed by atoms with Crippen LogP contribution < -0.4 is 16.0 Å². The minimum Gasteiger partial charge on any atom is -0.369 e. The molecule has 5 nitrogen and oxygen atoms in total. The summed E-state index contributed by atoms with van der Waals surface area (Å²) < 4.78 is 0. The maximum Gasteiger partial charge on any atom is 0.255 e. The Bertz CT molecular complexity index is 1120. The monoisotopic (exact) mass is 530 g/mol. The number of halogens is 2. The van der Waals surface area contributed by atoms with E-state index in [4.69, 9.17) is 5.73 Å². The highest BCUT2D eigenvalue weighted by Gasteiger charge is 2.21. The molecule has 3 N–H and O–H groups in total. The van der Waals surface area contributed by atoms with Gasteiger partial charge in [0.2, 0.25) is 0 Å². The molecule has 1 heterocycles. The largest absolute Gasteiger partial charge is 0.369 e. The van der Waals surface area contributed by atoms with Gasteiger partial charge < -0.3 is 16.0 Å². The fourth-order valence-corrected chi connectivity index (χ4v) is 4.54. The van der Waals surface area contributed by atoms with Crippen LogP contribution in [-0.2, 0) is 0 Å². The fraction of sp³-hybridized carbons (Fsp3) is 0.379. The maximum atomic E-state index is 13.3. The van der Waals surface area contributed by atoms with Gasteiger partial charge in [-0.25, -0.2) is 0 Å². The van der Waals surface area contributed by atoms with Gasteiger partial charge in [0.1, 0.15) is 0 Å². The molecule has 36 heavy (non-hydrogen) atoms. The number of aromatic nitrogens is 1. The first-order valence-corrected chi connectivity index (χ1v) is 12.1. The second-order valence-corrected chi connectivity index (χ2v) is 9.77. The molecule has 0 spiro atoms. The van der Waals surface area contributed by atoms with E-state index < -0.39 is 0 Å². The van der Waals surface area contributed by atoms with E-state index in [1.807, 2.05) is 32.2 Å². The molecular formula is C29H40Cl2N4O. The van der Waals surface area contributed by atoms with Crippen molar-refractivity contribution in [2.75, 3.05) is 29.9 Å². The molecule has 0 aliphatic carbocycles. The lowest BCUT2D eigenvalue weighted by atomic mass is 9.99. The quantitative estimate of drug-likeness (QED) is 0.316. The summed E-state index contributed by atoms with van der Waals surface area (Å²) in [6.45, 7) is 14.9. The predicted octanol–water partition coefficient (Wildman–Crippen LogP) is 6.89. The first-order chi connectivity index (χ1) is 16.2. The van der Waals surface area contributed by atoms with Crippen molar-refractivity contribution in [2.45, 2.75) is 48.0 Å². The number of aryl methyl sites for hydroxylation is 4. The van der Waals surface area contributed by atoms with Crippen molar-refractivity contribution in [3.8, 4) is 11.1 Å². The molecule has 0 aliphatic heterocycles. The predicted molar refractivity (Wildman–Crippen MR) is 158 cm³/mol. The van der Waals surface area contributed by atoms with E-state index in [1.165, 1.54) is 11.1 Å². The van der Waals surface area contributed by atoms with E-state index >= 15 is 0 Å². The normalized spacial score (nSPS) is 10.4. The standard InChI is InChI=1S/C29H38N4O.2ClH/c1-19(2)18-33(9-7-8-30)28-26(24-12-20(3)10-21(4)13-24)16-31-17-27(28)32-29(34)25-14-22(5)11-23(6)15-25;;/h10-17,19H,7-9,18,30H2,1-6H3,(H,32,34);2*1H. The van der Waals surface area contributed by atoms with E-state index in [9.17, 15) is 4.79 Å². The molecule has 196 valence electrons. The molecule has 7 heteroatoms. The van der Waals surface area contributed by atoms with Crippen LogP contribution in [0.2, 0.25) is 0 Å². The first kappa shape index (κ1) is 31.4. The summed E-state index contributed by atoms with van der Waals surface area (Å²) in [7, 11) is 0. The summed E-state index contributed by atoms with van der Waals surface area (Å²) in [4.78, 5) is 20.2. The van der Waals surface area contributed by atoms with Crippen LogP contribution in [0.3, 0.4) is 0 Å². The van der Waals surface area contributed by atoms with Crippen LogP contribution in [0.15, 0.2) is 48.8 Å². The summed E-state index contributed by atoms with van der Waals surface area (Å²) in [6.07, 6.45) is 4.54. The number of hydrogen-bond donors (Lipinski definition) is 2. The zero-order valence-corrected chi connectivity index (χ0v) is 23.9. The first-order valence-electron chi connectivity index (χ1n) is 12.1. The van der Waals surface area contributed by atoms with Gasteiger partial charge in [0.15, 0.2) is 0 Å². The van der Waals surface area contributed by atoms with Crippen LogP contribution in [0.25, 0.3) is 11.1 Å². The lowest BCUT2D eigenvalue weighted by molar-refractivity contribution is 0.102. The van der Waals surface area contributed by atoms with Gasteiger partial charge in [-0.2, -0.15) is 0 Å². The number of nitrogens with zero attached hydrogens (tertiary/aromatic N) is 2. The molecule has 0 saturated carbocycles. The Kier molecular flexibility index (Phi) is 12.4. The second-order valence-electron chi connectivity index (χ2n) is 9.77. The highest BCUT2D eigenvalue weighted by atomic mass is 35.5. The summed E-state index contributed by atoms with van der Waals surface area (Å²) in [5.41, 5.74) is 14.9. The summed E-state index contributed by atoms with van der Waals surface area (Å²) in [6, 6.07) is 12.4. The van der Waals surface area contributed by atoms with Crippen molar-refractivity contribution in [1.82, 2.24) is 4.98 Å². The van der Waals surface area contributed by atoms with Crippen LogP contribution >= 0.6 is 24.8 Å². The average molecular weight is 532 g/mol. The van der Waals surface area contributed by atoms with Gasteiger partial charge in [-0.1, -0.05) is 60.4 Å². The van der Waals surface area contributed by atoms with Crippen LogP contribution in [0.4, 0.5) is 11.4 Å². The van der Waals surface area contributed by atoms with Gasteiger partial charge in [0.25, 0.3) is 5.91 Å². The van der Waals surface area contributed by atoms with Crippen LogP contribution in [0, 0.1) is 33.6 Å². The number of pyridine rings is 1. The van der Waals surface area contributed by atoms with Gasteiger partial charge in [0, 0.05) is 30.4 Å². The third-order valence-corrected chi connectivity index (χ3v) is 5.72. The summed E-state index contributed by atoms with van der Waals surface area (Å²) in [5, 5.41) is 3.18. The molecule has 3 aromatic rings. The van der Waals surface area contributed by atoms with Gasteiger partial charge in [-0.15, -0.1) is 24.8 Å². The van der Waals surface area contributed by atoms with Crippen molar-refractivity contribution in [1.29, 1.82) is 0 Å². The molecule has 1 aromatic heterocycles. The smallest absolute Gasteiger partial charge is 0.255 e. The molecule has 0 unspecified atom stereocenters. The molecule has 3 rings (SSSR count). The van der Waals surface area contributed by atoms with Crippen molar-refractivity contribution >= 4 is 42.1 Å². The molecular weight excluding hydrogens is 491 g/mol. The average Bonchev–Trinajstić information content (AvgIpc) is 2.75. The number of nitrogens with two attached hydrogens (primary N) is 1. The van der Waals surface area contributed by atoms with E-state index in [0.29, 0.717) is 18.0 Å². The Morgan fingerprint density at radius 3 is 2.00 bits per heavy atom. The third kappa shape index (κ3) is 8.22. The van der Waals surface area contributed by atoms with Crippen LogP contribution in [-0.4, -0.2) is 30.5 Å². The van der Waals surface area contributed by atoms with Gasteiger partial charge in [-0.05, 0) is 64.3 Å². The summed E-state index contributed by atoms with van der Waals surface area (Å²) >= 11 is 0. The third-order valence-electron chi connectivity index (χ3n) is 5.72. The van der Waals surface area contributed by atoms with E-state index in [0.717, 1.165) is 53.1 Å². The number of hydrogen-bond acceptors (Lipinski definition) is 4. The van der Waals surface area contributed by atoms with Crippen molar-refractivity contribution in [3.05, 3.63) is 76.6 Å². The summed E-state index contributed by atoms with van der Waals surface area (Å²) in [5.74, 6) is 0.316. The van der Waals surface area contributed by atoms with Crippen LogP contribution in [0.1, 0.15) is 52.9 Å². The Morgan fingerprint density at radius 2 is 1.47 bits per heavy atom. The van der Waals surface area contributed by atoms with Crippen molar-refractivity contribution in [3.63, 3.8) is 0 Å². The minimum atomic E-state index is -0.129. The van der Waals surface area contributed by atoms with Crippen molar-refractivity contribution < 1.29 is 4.79 Å². The Hall–Kier alpha value is -2.60. The molecule has 2 aromatic carbocycles. The number of nitrogens with one attached hydrogen (secondary N) is 1. The topological polar surface area (TPSA) is 71.2 Å². The van der Waals surface area contributed by atoms with E-state index in [2.05, 4.69) is 67.2 Å². The number of anilines is 2. The number of benzene rings is 2. The lowest BCUT2D eigenvalue weighted by Crippen LogP contribution is -2.31. The molecule has 0 fully saturated rings. The van der Waals surface area contributed by atoms with Gasteiger partial charge in [0.05, 0.1) is 17.6 Å². The Balaban J connectivity index is 0.00000324. The molecule has 0 aliphatic rings. The van der Waals surface area contributed by atoms with Gasteiger partial charge in [-0.3, -0.25) is 9.78 Å². The Morgan fingerprint density at radius 1 is 0.917 bits per heavy atom. The highest BCUT2D eigenvalue weighted by Crippen LogP contribution is 2.38. The number of carbonyl (C=O) groups excluding carboxylic acids is 1. The number of amides is 1. The fourth-order valence-electron chi connectivity index (χ4n) is 4.54. The number of rotatable bonds is 9. The molecule has 0 atom stereocenters. The maximum absolute atomic E-state index is 13.3. The molecule has 0 bridgehead atoms. The zero-order chi connectivity index (χ0) is 24.8. The highest BCUT2D eigenvalue weighted by molar-refractivity contribution is 6.07. The second kappa shape index (κ2) is 14.2.